The molecular weight excluding hydrogens is 391 g/mol. The van der Waals surface area contributed by atoms with Crippen LogP contribution < -0.4 is 0 Å². The first-order valence-electron chi connectivity index (χ1n) is 8.26. The van der Waals surface area contributed by atoms with Gasteiger partial charge in [0.2, 0.25) is 0 Å². The molecule has 0 N–H and O–H groups in total. The predicted octanol–water partition coefficient (Wildman–Crippen LogP) is 6.78. The van der Waals surface area contributed by atoms with Gasteiger partial charge in [-0.05, 0) is 63.2 Å². The first-order valence-corrected chi connectivity index (χ1v) is 8.26. The normalized spacial score (nSPS) is 30.0. The minimum atomic E-state index is 0. The average Bonchev–Trinajstić information content (AvgIpc) is 2.62. The Bertz CT molecular complexity index is 393. The molecule has 0 nitrogen and oxygen atoms in total. The molecule has 0 saturated carbocycles. The van der Waals surface area contributed by atoms with Gasteiger partial charge in [-0.3, -0.25) is 0 Å². The van der Waals surface area contributed by atoms with Crippen molar-refractivity contribution >= 4 is 0 Å². The zero-order chi connectivity index (χ0) is 15.9. The Morgan fingerprint density at radius 1 is 0.667 bits per heavy atom. The Labute approximate surface area is 166 Å². The van der Waals surface area contributed by atoms with Crippen molar-refractivity contribution in [1.82, 2.24) is 0 Å². The molecule has 0 amide bonds. The van der Waals surface area contributed by atoms with Crippen molar-refractivity contribution in [2.45, 2.75) is 82.1 Å². The SMILES string of the molecule is CC1=C(C)C(C)(C)C(C)C1.CC1=C(C)C(C)(C)C(C)C1.[Sm]. The van der Waals surface area contributed by atoms with Gasteiger partial charge in [0.15, 0.2) is 0 Å². The van der Waals surface area contributed by atoms with Gasteiger partial charge in [0.05, 0.1) is 0 Å². The summed E-state index contributed by atoms with van der Waals surface area (Å²) in [5, 5.41) is 0. The van der Waals surface area contributed by atoms with Gasteiger partial charge in [-0.1, -0.05) is 63.8 Å². The fraction of sp³-hybridized carbons (Fsp3) is 0.800. The maximum atomic E-state index is 2.35. The second kappa shape index (κ2) is 7.59. The van der Waals surface area contributed by atoms with Crippen LogP contribution in [0.1, 0.15) is 82.1 Å². The Kier molecular flexibility index (Phi) is 7.89. The van der Waals surface area contributed by atoms with Gasteiger partial charge in [-0.25, -0.2) is 0 Å². The molecular formula is C20H36Sm. The van der Waals surface area contributed by atoms with E-state index >= 15 is 0 Å². The van der Waals surface area contributed by atoms with Crippen molar-refractivity contribution in [3.63, 3.8) is 0 Å². The monoisotopic (exact) mass is 428 g/mol. The van der Waals surface area contributed by atoms with E-state index in [1.807, 2.05) is 0 Å². The molecule has 0 aromatic heterocycles. The molecule has 0 bridgehead atoms. The van der Waals surface area contributed by atoms with Gasteiger partial charge < -0.3 is 0 Å². The standard InChI is InChI=1S/2C10H18.Sm/c2*1-7-6-8(2)10(4,5)9(7)3;/h2*8H,6H2,1-5H3;. The maximum Gasteiger partial charge on any atom is 0 e. The van der Waals surface area contributed by atoms with E-state index in [0.29, 0.717) is 10.8 Å². The summed E-state index contributed by atoms with van der Waals surface area (Å²) in [7, 11) is 0. The van der Waals surface area contributed by atoms with Crippen molar-refractivity contribution in [2.24, 2.45) is 22.7 Å². The van der Waals surface area contributed by atoms with Crippen molar-refractivity contribution in [3.05, 3.63) is 22.3 Å². The van der Waals surface area contributed by atoms with E-state index in [9.17, 15) is 0 Å². The minimum absolute atomic E-state index is 0. The second-order valence-corrected chi connectivity index (χ2v) is 8.46. The molecule has 2 aliphatic carbocycles. The zero-order valence-corrected chi connectivity index (χ0v) is 18.6. The molecule has 1 heteroatoms. The Morgan fingerprint density at radius 2 is 0.905 bits per heavy atom. The zero-order valence-electron chi connectivity index (χ0n) is 16.0. The summed E-state index contributed by atoms with van der Waals surface area (Å²) in [5.74, 6) is 1.68. The first-order chi connectivity index (χ1) is 8.92. The van der Waals surface area contributed by atoms with Crippen LogP contribution in [0.4, 0.5) is 0 Å². The van der Waals surface area contributed by atoms with Crippen molar-refractivity contribution < 1.29 is 40.4 Å². The molecule has 0 aliphatic heterocycles. The van der Waals surface area contributed by atoms with Gasteiger partial charge in [-0.2, -0.15) is 0 Å². The molecule has 0 aromatic carbocycles. The third-order valence-corrected chi connectivity index (χ3v) is 6.90. The van der Waals surface area contributed by atoms with Crippen LogP contribution >= 0.6 is 0 Å². The van der Waals surface area contributed by atoms with E-state index < -0.39 is 0 Å². The molecule has 2 aliphatic rings. The number of allylic oxidation sites excluding steroid dienone is 4. The summed E-state index contributed by atoms with van der Waals surface area (Å²) in [4.78, 5) is 0. The van der Waals surface area contributed by atoms with Crippen molar-refractivity contribution in [3.8, 4) is 0 Å². The molecule has 0 spiro atoms. The van der Waals surface area contributed by atoms with E-state index in [1.165, 1.54) is 12.8 Å². The molecule has 2 rings (SSSR count). The maximum absolute atomic E-state index is 2.35. The quantitative estimate of drug-likeness (QED) is 0.374. The van der Waals surface area contributed by atoms with Gasteiger partial charge in [-0.15, -0.1) is 0 Å². The molecule has 0 saturated heterocycles. The van der Waals surface area contributed by atoms with Crippen LogP contribution in [-0.2, 0) is 0 Å². The number of rotatable bonds is 0. The predicted molar refractivity (Wildman–Crippen MR) is 91.9 cm³/mol. The van der Waals surface area contributed by atoms with Gasteiger partial charge in [0.25, 0.3) is 0 Å². The Balaban J connectivity index is 0.000000364. The van der Waals surface area contributed by atoms with Gasteiger partial charge in [0, 0.05) is 40.4 Å². The van der Waals surface area contributed by atoms with E-state index in [4.69, 9.17) is 0 Å². The molecule has 0 radical (unpaired) electrons. The third kappa shape index (κ3) is 4.42. The van der Waals surface area contributed by atoms with Crippen molar-refractivity contribution in [1.29, 1.82) is 0 Å². The van der Waals surface area contributed by atoms with Crippen LogP contribution in [0, 0.1) is 63.1 Å². The summed E-state index contributed by atoms with van der Waals surface area (Å²) in [5.41, 5.74) is 7.36. The molecule has 0 fully saturated rings. The third-order valence-electron chi connectivity index (χ3n) is 6.90. The van der Waals surface area contributed by atoms with Crippen molar-refractivity contribution in [2.75, 3.05) is 0 Å². The number of hydrogen-bond acceptors (Lipinski definition) is 0. The molecule has 2 atom stereocenters. The smallest absolute Gasteiger partial charge is 0 e. The van der Waals surface area contributed by atoms with E-state index in [2.05, 4.69) is 69.2 Å². The van der Waals surface area contributed by atoms with Gasteiger partial charge >= 0.3 is 0 Å². The van der Waals surface area contributed by atoms with Crippen LogP contribution in [-0.4, -0.2) is 0 Å². The largest absolute Gasteiger partial charge is 0.0736 e. The van der Waals surface area contributed by atoms with Crippen LogP contribution in [0.25, 0.3) is 0 Å². The van der Waals surface area contributed by atoms with Crippen LogP contribution in [0.3, 0.4) is 0 Å². The van der Waals surface area contributed by atoms with Crippen LogP contribution in [0.2, 0.25) is 0 Å². The van der Waals surface area contributed by atoms with Crippen LogP contribution in [0.15, 0.2) is 22.3 Å². The number of hydrogen-bond donors (Lipinski definition) is 0. The van der Waals surface area contributed by atoms with E-state index in [1.54, 1.807) is 22.3 Å². The molecule has 21 heavy (non-hydrogen) atoms. The summed E-state index contributed by atoms with van der Waals surface area (Å²) in [6, 6.07) is 0. The topological polar surface area (TPSA) is 0 Å². The average molecular weight is 427 g/mol. The van der Waals surface area contributed by atoms with Gasteiger partial charge in [0.1, 0.15) is 0 Å². The summed E-state index contributed by atoms with van der Waals surface area (Å²) in [6.07, 6.45) is 2.61. The first kappa shape index (κ1) is 21.8. The van der Waals surface area contributed by atoms with E-state index in [-0.39, 0.29) is 40.4 Å². The summed E-state index contributed by atoms with van der Waals surface area (Å²) in [6.45, 7) is 23.2. The Hall–Kier alpha value is 0.818. The second-order valence-electron chi connectivity index (χ2n) is 8.46. The van der Waals surface area contributed by atoms with E-state index in [0.717, 1.165) is 11.8 Å². The molecule has 0 aromatic rings. The van der Waals surface area contributed by atoms with Crippen LogP contribution in [0.5, 0.6) is 0 Å². The molecule has 122 valence electrons. The molecule has 0 heterocycles. The summed E-state index contributed by atoms with van der Waals surface area (Å²) < 4.78 is 0. The summed E-state index contributed by atoms with van der Waals surface area (Å²) >= 11 is 0. The fourth-order valence-electron chi connectivity index (χ4n) is 3.57. The fourth-order valence-corrected chi connectivity index (χ4v) is 3.57. The minimum Gasteiger partial charge on any atom is -0.0736 e. The Morgan fingerprint density at radius 3 is 0.952 bits per heavy atom. The molecule has 2 unspecified atom stereocenters.